The summed E-state index contributed by atoms with van der Waals surface area (Å²) in [5.74, 6) is 0.330. The maximum Gasteiger partial charge on any atom is 0.126 e. The van der Waals surface area contributed by atoms with Gasteiger partial charge in [-0.1, -0.05) is 31.5 Å². The molecule has 1 aliphatic rings. The van der Waals surface area contributed by atoms with Crippen LogP contribution in [0.5, 0.6) is 0 Å². The van der Waals surface area contributed by atoms with Gasteiger partial charge in [0, 0.05) is 18.4 Å². The van der Waals surface area contributed by atoms with E-state index < -0.39 is 5.60 Å². The maximum absolute atomic E-state index is 13.8. The van der Waals surface area contributed by atoms with Gasteiger partial charge in [-0.3, -0.25) is 0 Å². The summed E-state index contributed by atoms with van der Waals surface area (Å²) in [4.78, 5) is 0. The van der Waals surface area contributed by atoms with Gasteiger partial charge in [-0.15, -0.1) is 0 Å². The fraction of sp³-hybridized carbons (Fsp3) is 0.625. The van der Waals surface area contributed by atoms with Crippen LogP contribution in [0.15, 0.2) is 24.3 Å². The van der Waals surface area contributed by atoms with E-state index in [1.54, 1.807) is 18.2 Å². The quantitative estimate of drug-likeness (QED) is 0.879. The molecule has 3 N–H and O–H groups in total. The molecule has 19 heavy (non-hydrogen) atoms. The molecule has 0 amide bonds. The Labute approximate surface area is 114 Å². The first kappa shape index (κ1) is 14.5. The monoisotopic (exact) mass is 265 g/mol. The highest BCUT2D eigenvalue weighted by molar-refractivity contribution is 5.21. The summed E-state index contributed by atoms with van der Waals surface area (Å²) < 4.78 is 13.8. The molecule has 0 aromatic heterocycles. The van der Waals surface area contributed by atoms with Crippen LogP contribution in [0, 0.1) is 17.2 Å². The third-order valence-corrected chi connectivity index (χ3v) is 4.88. The second-order valence-corrected chi connectivity index (χ2v) is 6.37. The summed E-state index contributed by atoms with van der Waals surface area (Å²) in [7, 11) is 0. The van der Waals surface area contributed by atoms with Gasteiger partial charge in [-0.05, 0) is 37.3 Å². The first-order valence-electron chi connectivity index (χ1n) is 7.06. The van der Waals surface area contributed by atoms with Crippen molar-refractivity contribution in [1.29, 1.82) is 0 Å². The zero-order chi connectivity index (χ0) is 14.1. The van der Waals surface area contributed by atoms with Crippen LogP contribution in [-0.4, -0.2) is 17.3 Å². The van der Waals surface area contributed by atoms with E-state index in [9.17, 15) is 9.50 Å². The minimum Gasteiger partial charge on any atom is -0.389 e. The van der Waals surface area contributed by atoms with Crippen LogP contribution in [0.4, 0.5) is 4.39 Å². The van der Waals surface area contributed by atoms with Crippen molar-refractivity contribution >= 4 is 0 Å². The van der Waals surface area contributed by atoms with Gasteiger partial charge in [0.15, 0.2) is 0 Å². The normalized spacial score (nSPS) is 30.3. The van der Waals surface area contributed by atoms with Crippen LogP contribution in [0.1, 0.15) is 38.7 Å². The second kappa shape index (κ2) is 5.22. The van der Waals surface area contributed by atoms with Crippen molar-refractivity contribution in [2.75, 3.05) is 6.54 Å². The van der Waals surface area contributed by atoms with E-state index in [4.69, 9.17) is 5.73 Å². The van der Waals surface area contributed by atoms with E-state index in [0.717, 1.165) is 19.3 Å². The van der Waals surface area contributed by atoms with E-state index in [1.807, 2.05) is 6.92 Å². The van der Waals surface area contributed by atoms with Crippen molar-refractivity contribution in [3.63, 3.8) is 0 Å². The van der Waals surface area contributed by atoms with E-state index in [-0.39, 0.29) is 11.2 Å². The van der Waals surface area contributed by atoms with Crippen molar-refractivity contribution in [2.24, 2.45) is 17.1 Å². The summed E-state index contributed by atoms with van der Waals surface area (Å²) in [6.45, 7) is 4.46. The van der Waals surface area contributed by atoms with Crippen LogP contribution in [0.25, 0.3) is 0 Å². The predicted molar refractivity (Wildman–Crippen MR) is 75.2 cm³/mol. The van der Waals surface area contributed by atoms with Gasteiger partial charge >= 0.3 is 0 Å². The molecule has 0 radical (unpaired) electrons. The molecule has 1 aromatic rings. The fourth-order valence-electron chi connectivity index (χ4n) is 3.49. The molecule has 1 fully saturated rings. The SMILES string of the molecule is CC1CCC(CN)(C(C)(O)Cc2ccccc2F)C1. The van der Waals surface area contributed by atoms with Crippen molar-refractivity contribution in [1.82, 2.24) is 0 Å². The smallest absolute Gasteiger partial charge is 0.126 e. The number of hydrogen-bond acceptors (Lipinski definition) is 2. The van der Waals surface area contributed by atoms with Gasteiger partial charge in [0.2, 0.25) is 0 Å². The van der Waals surface area contributed by atoms with Gasteiger partial charge in [-0.25, -0.2) is 4.39 Å². The standard InChI is InChI=1S/C16H24FNO/c1-12-7-8-16(9-12,11-18)15(2,19)10-13-5-3-4-6-14(13)17/h3-6,12,19H,7-11,18H2,1-2H3. The van der Waals surface area contributed by atoms with E-state index in [0.29, 0.717) is 24.4 Å². The second-order valence-electron chi connectivity index (χ2n) is 6.37. The Bertz CT molecular complexity index is 446. The lowest BCUT2D eigenvalue weighted by Crippen LogP contribution is -2.50. The summed E-state index contributed by atoms with van der Waals surface area (Å²) in [6, 6.07) is 6.66. The summed E-state index contributed by atoms with van der Waals surface area (Å²) in [5.41, 5.74) is 5.28. The first-order valence-corrected chi connectivity index (χ1v) is 7.06. The molecule has 0 bridgehead atoms. The Morgan fingerprint density at radius 2 is 2.16 bits per heavy atom. The van der Waals surface area contributed by atoms with Crippen LogP contribution < -0.4 is 5.73 Å². The molecule has 1 saturated carbocycles. The number of aliphatic hydroxyl groups is 1. The number of benzene rings is 1. The van der Waals surface area contributed by atoms with Crippen molar-refractivity contribution < 1.29 is 9.50 Å². The summed E-state index contributed by atoms with van der Waals surface area (Å²) in [6.07, 6.45) is 3.26. The third kappa shape index (κ3) is 2.67. The van der Waals surface area contributed by atoms with E-state index in [2.05, 4.69) is 6.92 Å². The zero-order valence-electron chi connectivity index (χ0n) is 11.8. The van der Waals surface area contributed by atoms with Gasteiger partial charge in [0.25, 0.3) is 0 Å². The average Bonchev–Trinajstić information content (AvgIpc) is 2.75. The molecule has 0 saturated heterocycles. The Balaban J connectivity index is 2.24. The highest BCUT2D eigenvalue weighted by Gasteiger charge is 2.49. The predicted octanol–water partition coefficient (Wildman–Crippen LogP) is 2.88. The van der Waals surface area contributed by atoms with Crippen LogP contribution >= 0.6 is 0 Å². The molecular formula is C16H24FNO. The number of hydrogen-bond donors (Lipinski definition) is 2. The highest BCUT2D eigenvalue weighted by atomic mass is 19.1. The third-order valence-electron chi connectivity index (χ3n) is 4.88. The molecule has 2 nitrogen and oxygen atoms in total. The molecule has 2 rings (SSSR count). The lowest BCUT2D eigenvalue weighted by molar-refractivity contribution is -0.0647. The van der Waals surface area contributed by atoms with Gasteiger partial charge in [-0.2, -0.15) is 0 Å². The fourth-order valence-corrected chi connectivity index (χ4v) is 3.49. The van der Waals surface area contributed by atoms with Crippen LogP contribution in [0.3, 0.4) is 0 Å². The molecule has 3 heteroatoms. The van der Waals surface area contributed by atoms with E-state index >= 15 is 0 Å². The van der Waals surface area contributed by atoms with Crippen molar-refractivity contribution in [3.05, 3.63) is 35.6 Å². The summed E-state index contributed by atoms with van der Waals surface area (Å²) in [5, 5.41) is 10.9. The molecule has 1 aromatic carbocycles. The minimum absolute atomic E-state index is 0.249. The van der Waals surface area contributed by atoms with Gasteiger partial charge in [0.1, 0.15) is 5.82 Å². The van der Waals surface area contributed by atoms with Gasteiger partial charge < -0.3 is 10.8 Å². The molecule has 0 spiro atoms. The zero-order valence-corrected chi connectivity index (χ0v) is 11.8. The van der Waals surface area contributed by atoms with E-state index in [1.165, 1.54) is 6.07 Å². The Kier molecular flexibility index (Phi) is 3.98. The van der Waals surface area contributed by atoms with Crippen molar-refractivity contribution in [2.45, 2.75) is 45.1 Å². The Morgan fingerprint density at radius 1 is 1.47 bits per heavy atom. The Morgan fingerprint density at radius 3 is 2.68 bits per heavy atom. The topological polar surface area (TPSA) is 46.2 Å². The maximum atomic E-state index is 13.8. The highest BCUT2D eigenvalue weighted by Crippen LogP contribution is 2.49. The minimum atomic E-state index is -0.964. The number of halogens is 1. The lowest BCUT2D eigenvalue weighted by Gasteiger charge is -2.42. The first-order chi connectivity index (χ1) is 8.90. The Hall–Kier alpha value is -0.930. The molecule has 1 aliphatic carbocycles. The molecule has 3 atom stereocenters. The molecule has 106 valence electrons. The lowest BCUT2D eigenvalue weighted by atomic mass is 9.68. The number of nitrogens with two attached hydrogens (primary N) is 1. The largest absolute Gasteiger partial charge is 0.389 e. The molecule has 0 heterocycles. The van der Waals surface area contributed by atoms with Gasteiger partial charge in [0.05, 0.1) is 5.60 Å². The molecular weight excluding hydrogens is 241 g/mol. The van der Waals surface area contributed by atoms with Crippen molar-refractivity contribution in [3.8, 4) is 0 Å². The number of rotatable bonds is 4. The van der Waals surface area contributed by atoms with Crippen LogP contribution in [-0.2, 0) is 6.42 Å². The molecule has 0 aliphatic heterocycles. The van der Waals surface area contributed by atoms with Crippen LogP contribution in [0.2, 0.25) is 0 Å². The average molecular weight is 265 g/mol. The molecule has 3 unspecified atom stereocenters. The summed E-state index contributed by atoms with van der Waals surface area (Å²) >= 11 is 0.